The van der Waals surface area contributed by atoms with Crippen molar-refractivity contribution in [2.45, 2.75) is 31.7 Å². The Bertz CT molecular complexity index is 823. The fourth-order valence-electron chi connectivity index (χ4n) is 3.26. The van der Waals surface area contributed by atoms with Gasteiger partial charge in [0.2, 0.25) is 0 Å². The number of carbonyl (C=O) groups excluding carboxylic acids is 2. The maximum absolute atomic E-state index is 13.8. The number of hydrazine groups is 1. The van der Waals surface area contributed by atoms with Crippen LogP contribution < -0.4 is 16.5 Å². The van der Waals surface area contributed by atoms with E-state index in [9.17, 15) is 22.8 Å². The first-order chi connectivity index (χ1) is 13.3. The van der Waals surface area contributed by atoms with E-state index in [0.29, 0.717) is 50.9 Å². The fourth-order valence-corrected chi connectivity index (χ4v) is 3.26. The van der Waals surface area contributed by atoms with E-state index in [1.54, 1.807) is 17.2 Å². The fraction of sp³-hybridized carbons (Fsp3) is 0.368. The molecule has 0 unspecified atom stereocenters. The summed E-state index contributed by atoms with van der Waals surface area (Å²) in [5, 5.41) is 6.96. The molecule has 0 bridgehead atoms. The topological polar surface area (TPSA) is 87.5 Å². The van der Waals surface area contributed by atoms with Crippen LogP contribution in [-0.2, 0) is 4.79 Å². The van der Waals surface area contributed by atoms with Crippen LogP contribution in [0, 0.1) is 17.5 Å². The Morgan fingerprint density at radius 3 is 2.25 bits per heavy atom. The Kier molecular flexibility index (Phi) is 6.15. The van der Waals surface area contributed by atoms with E-state index in [0.717, 1.165) is 0 Å². The smallest absolute Gasteiger partial charge is 0.261 e. The van der Waals surface area contributed by atoms with E-state index in [1.807, 2.05) is 0 Å². The van der Waals surface area contributed by atoms with E-state index in [-0.39, 0.29) is 23.2 Å². The summed E-state index contributed by atoms with van der Waals surface area (Å²) in [7, 11) is 0. The van der Waals surface area contributed by atoms with Crippen LogP contribution >= 0.6 is 0 Å². The van der Waals surface area contributed by atoms with E-state index in [2.05, 4.69) is 10.6 Å². The number of allylic oxidation sites excluding steroid dienone is 2. The second kappa shape index (κ2) is 8.57. The third-order valence-electron chi connectivity index (χ3n) is 4.75. The van der Waals surface area contributed by atoms with Crippen molar-refractivity contribution in [1.29, 1.82) is 0 Å². The first-order valence-electron chi connectivity index (χ1n) is 9.02. The van der Waals surface area contributed by atoms with Crippen LogP contribution in [0.25, 0.3) is 0 Å². The number of benzene rings is 1. The predicted octanol–water partition coefficient (Wildman–Crippen LogP) is 1.89. The third-order valence-corrected chi connectivity index (χ3v) is 4.75. The van der Waals surface area contributed by atoms with E-state index in [4.69, 9.17) is 5.84 Å². The molecule has 1 heterocycles. The Labute approximate surface area is 160 Å². The van der Waals surface area contributed by atoms with Crippen LogP contribution in [0.1, 0.15) is 36.0 Å². The zero-order chi connectivity index (χ0) is 20.3. The summed E-state index contributed by atoms with van der Waals surface area (Å²) in [5.74, 6) is 0.507. The molecule has 0 aromatic heterocycles. The molecule has 0 radical (unpaired) electrons. The Hall–Kier alpha value is -2.65. The van der Waals surface area contributed by atoms with Crippen LogP contribution in [0.15, 0.2) is 35.6 Å². The second-order valence-electron chi connectivity index (χ2n) is 6.80. The van der Waals surface area contributed by atoms with Gasteiger partial charge in [-0.05, 0) is 25.7 Å². The summed E-state index contributed by atoms with van der Waals surface area (Å²) in [5.41, 5.74) is -0.492. The quantitative estimate of drug-likeness (QED) is 0.681. The van der Waals surface area contributed by atoms with E-state index in [1.165, 1.54) is 0 Å². The van der Waals surface area contributed by atoms with Gasteiger partial charge in [-0.15, -0.1) is 0 Å². The van der Waals surface area contributed by atoms with Crippen LogP contribution in [0.2, 0.25) is 0 Å². The van der Waals surface area contributed by atoms with Gasteiger partial charge in [0.25, 0.3) is 11.8 Å². The number of amides is 2. The van der Waals surface area contributed by atoms with Crippen molar-refractivity contribution in [3.05, 3.63) is 58.6 Å². The summed E-state index contributed by atoms with van der Waals surface area (Å²) in [6.07, 6.45) is 5.85. The molecule has 9 heteroatoms. The molecule has 4 N–H and O–H groups in total. The number of rotatable bonds is 4. The zero-order valence-electron chi connectivity index (χ0n) is 15.1. The van der Waals surface area contributed by atoms with Gasteiger partial charge in [0.15, 0.2) is 0 Å². The Morgan fingerprint density at radius 1 is 1.00 bits per heavy atom. The van der Waals surface area contributed by atoms with Gasteiger partial charge >= 0.3 is 0 Å². The average molecular weight is 394 g/mol. The monoisotopic (exact) mass is 394 g/mol. The lowest BCUT2D eigenvalue weighted by molar-refractivity contribution is -0.118. The van der Waals surface area contributed by atoms with Crippen molar-refractivity contribution in [2.75, 3.05) is 13.1 Å². The average Bonchev–Trinajstić information content (AvgIpc) is 2.63. The Balaban J connectivity index is 1.70. The number of carbonyl (C=O) groups is 2. The van der Waals surface area contributed by atoms with Crippen molar-refractivity contribution in [2.24, 2.45) is 5.84 Å². The molecule has 1 saturated heterocycles. The number of nitrogens with zero attached hydrogens (tertiary/aromatic N) is 1. The van der Waals surface area contributed by atoms with Crippen molar-refractivity contribution in [3.63, 3.8) is 0 Å². The second-order valence-corrected chi connectivity index (χ2v) is 6.80. The summed E-state index contributed by atoms with van der Waals surface area (Å²) in [6, 6.07) is 0.820. The lowest BCUT2D eigenvalue weighted by Gasteiger charge is -2.29. The van der Waals surface area contributed by atoms with Crippen LogP contribution in [0.5, 0.6) is 0 Å². The molecule has 150 valence electrons. The molecule has 28 heavy (non-hydrogen) atoms. The molecule has 1 aromatic rings. The normalized spacial score (nSPS) is 18.3. The summed E-state index contributed by atoms with van der Waals surface area (Å²) in [4.78, 5) is 25.0. The van der Waals surface area contributed by atoms with Crippen molar-refractivity contribution >= 4 is 11.8 Å². The first kappa shape index (κ1) is 20.1. The van der Waals surface area contributed by atoms with E-state index >= 15 is 0 Å². The molecule has 0 saturated carbocycles. The van der Waals surface area contributed by atoms with Gasteiger partial charge in [-0.25, -0.2) is 18.2 Å². The van der Waals surface area contributed by atoms with Gasteiger partial charge in [-0.3, -0.25) is 15.4 Å². The Morgan fingerprint density at radius 2 is 1.61 bits per heavy atom. The van der Waals surface area contributed by atoms with Gasteiger partial charge < -0.3 is 10.6 Å². The van der Waals surface area contributed by atoms with Gasteiger partial charge in [-0.1, -0.05) is 12.2 Å². The number of hydrogen-bond donors (Lipinski definition) is 3. The molecule has 1 aliphatic heterocycles. The number of nitrogens with two attached hydrogens (primary N) is 1. The lowest BCUT2D eigenvalue weighted by Crippen LogP contribution is -2.47. The van der Waals surface area contributed by atoms with Gasteiger partial charge in [0.05, 0.1) is 5.57 Å². The number of halogens is 3. The zero-order valence-corrected chi connectivity index (χ0v) is 15.1. The van der Waals surface area contributed by atoms with Crippen LogP contribution in [0.4, 0.5) is 13.2 Å². The molecule has 2 amide bonds. The van der Waals surface area contributed by atoms with Gasteiger partial charge in [0, 0.05) is 37.0 Å². The highest BCUT2D eigenvalue weighted by atomic mass is 19.1. The minimum atomic E-state index is -1.31. The summed E-state index contributed by atoms with van der Waals surface area (Å²) < 4.78 is 40.7. The molecule has 2 aliphatic rings. The highest BCUT2D eigenvalue weighted by Gasteiger charge is 2.26. The molecule has 0 atom stereocenters. The van der Waals surface area contributed by atoms with Crippen LogP contribution in [-0.4, -0.2) is 36.0 Å². The van der Waals surface area contributed by atoms with Gasteiger partial charge in [0.1, 0.15) is 23.0 Å². The molecule has 1 aliphatic carbocycles. The SMILES string of the molecule is NN1CCC(NC(=O)C2=CCCC=C2NC(=O)c2c(F)cc(F)cc2F)CC1. The van der Waals surface area contributed by atoms with Crippen molar-refractivity contribution < 1.29 is 22.8 Å². The minimum absolute atomic E-state index is 0.0425. The summed E-state index contributed by atoms with van der Waals surface area (Å²) in [6.45, 7) is 1.32. The van der Waals surface area contributed by atoms with Crippen molar-refractivity contribution in [1.82, 2.24) is 15.6 Å². The molecule has 1 aromatic carbocycles. The minimum Gasteiger partial charge on any atom is -0.349 e. The molecular weight excluding hydrogens is 373 g/mol. The van der Waals surface area contributed by atoms with Crippen molar-refractivity contribution in [3.8, 4) is 0 Å². The number of piperidine rings is 1. The maximum atomic E-state index is 13.8. The standard InChI is InChI=1S/C19H21F3N4O2/c20-11-9-14(21)17(15(22)10-11)19(28)25-16-4-2-1-3-13(16)18(27)24-12-5-7-26(23)8-6-12/h3-4,9-10,12H,1-2,5-8,23H2,(H,24,27)(H,25,28). The third kappa shape index (κ3) is 4.60. The molecule has 1 fully saturated rings. The molecule has 6 nitrogen and oxygen atoms in total. The van der Waals surface area contributed by atoms with Gasteiger partial charge in [-0.2, -0.15) is 0 Å². The van der Waals surface area contributed by atoms with E-state index < -0.39 is 28.9 Å². The number of hydrogen-bond acceptors (Lipinski definition) is 4. The predicted molar refractivity (Wildman–Crippen MR) is 96.1 cm³/mol. The molecular formula is C19H21F3N4O2. The largest absolute Gasteiger partial charge is 0.349 e. The lowest BCUT2D eigenvalue weighted by atomic mass is 10.00. The molecule has 3 rings (SSSR count). The number of nitrogens with one attached hydrogen (secondary N) is 2. The maximum Gasteiger partial charge on any atom is 0.261 e. The molecule has 0 spiro atoms. The first-order valence-corrected chi connectivity index (χ1v) is 9.02. The highest BCUT2D eigenvalue weighted by Crippen LogP contribution is 2.20. The summed E-state index contributed by atoms with van der Waals surface area (Å²) >= 11 is 0. The van der Waals surface area contributed by atoms with Crippen LogP contribution in [0.3, 0.4) is 0 Å². The highest BCUT2D eigenvalue weighted by molar-refractivity contribution is 6.02.